The zero-order valence-corrected chi connectivity index (χ0v) is 11.0. The Bertz CT molecular complexity index is 627. The van der Waals surface area contributed by atoms with E-state index in [9.17, 15) is 4.79 Å². The minimum absolute atomic E-state index is 0.197. The highest BCUT2D eigenvalue weighted by atomic mass is 16.4. The van der Waals surface area contributed by atoms with E-state index in [4.69, 9.17) is 5.11 Å². The average Bonchev–Trinajstić information content (AvgIpc) is 2.65. The number of nitrogens with zero attached hydrogens (tertiary/aromatic N) is 2. The van der Waals surface area contributed by atoms with Crippen molar-refractivity contribution in [3.63, 3.8) is 0 Å². The Hall–Kier alpha value is -2.10. The molecule has 4 heteroatoms. The Morgan fingerprint density at radius 3 is 2.28 bits per heavy atom. The van der Waals surface area contributed by atoms with Gasteiger partial charge in [0.15, 0.2) is 0 Å². The predicted octanol–water partition coefficient (Wildman–Crippen LogP) is 2.71. The van der Waals surface area contributed by atoms with Crippen LogP contribution < -0.4 is 0 Å². The van der Waals surface area contributed by atoms with Crippen molar-refractivity contribution >= 4 is 5.97 Å². The lowest BCUT2D eigenvalue weighted by Gasteiger charge is -2.07. The van der Waals surface area contributed by atoms with Gasteiger partial charge in [0.25, 0.3) is 0 Å². The van der Waals surface area contributed by atoms with E-state index < -0.39 is 5.97 Å². The number of carbonyl (C=O) groups is 1. The first-order valence-electron chi connectivity index (χ1n) is 5.75. The predicted molar refractivity (Wildman–Crippen MR) is 69.8 cm³/mol. The summed E-state index contributed by atoms with van der Waals surface area (Å²) in [7, 11) is 1.64. The van der Waals surface area contributed by atoms with Crippen LogP contribution in [0.5, 0.6) is 0 Å². The average molecular weight is 244 g/mol. The first kappa shape index (κ1) is 12.4. The monoisotopic (exact) mass is 244 g/mol. The number of hydrogen-bond donors (Lipinski definition) is 1. The lowest BCUT2D eigenvalue weighted by Crippen LogP contribution is -2.04. The van der Waals surface area contributed by atoms with Gasteiger partial charge in [-0.1, -0.05) is 6.07 Å². The SMILES string of the molecule is Cc1cc(C)c(-c2cc(C(=O)O)n(C)n2)cc1C. The van der Waals surface area contributed by atoms with Gasteiger partial charge in [0, 0.05) is 12.6 Å². The maximum Gasteiger partial charge on any atom is 0.354 e. The zero-order valence-electron chi connectivity index (χ0n) is 11.0. The van der Waals surface area contributed by atoms with E-state index in [-0.39, 0.29) is 5.69 Å². The summed E-state index contributed by atoms with van der Waals surface area (Å²) >= 11 is 0. The highest BCUT2D eigenvalue weighted by Gasteiger charge is 2.14. The number of benzene rings is 1. The van der Waals surface area contributed by atoms with Gasteiger partial charge in [-0.25, -0.2) is 4.79 Å². The number of carboxylic acid groups (broad SMARTS) is 1. The van der Waals surface area contributed by atoms with Crippen molar-refractivity contribution in [1.82, 2.24) is 9.78 Å². The van der Waals surface area contributed by atoms with Crippen molar-refractivity contribution < 1.29 is 9.90 Å². The summed E-state index contributed by atoms with van der Waals surface area (Å²) < 4.78 is 1.40. The maximum absolute atomic E-state index is 11.0. The fourth-order valence-corrected chi connectivity index (χ4v) is 2.04. The molecule has 4 nitrogen and oxygen atoms in total. The topological polar surface area (TPSA) is 55.1 Å². The number of hydrogen-bond acceptors (Lipinski definition) is 2. The van der Waals surface area contributed by atoms with Crippen LogP contribution in [0, 0.1) is 20.8 Å². The summed E-state index contributed by atoms with van der Waals surface area (Å²) in [5.74, 6) is -0.960. The molecule has 1 aromatic heterocycles. The molecule has 0 unspecified atom stereocenters. The van der Waals surface area contributed by atoms with Crippen molar-refractivity contribution in [2.45, 2.75) is 20.8 Å². The maximum atomic E-state index is 11.0. The first-order valence-corrected chi connectivity index (χ1v) is 5.75. The molecule has 2 rings (SSSR count). The molecular formula is C14H16N2O2. The molecule has 0 aliphatic carbocycles. The molecule has 0 fully saturated rings. The number of carboxylic acids is 1. The van der Waals surface area contributed by atoms with Crippen LogP contribution in [0.2, 0.25) is 0 Å². The lowest BCUT2D eigenvalue weighted by atomic mass is 9.99. The highest BCUT2D eigenvalue weighted by Crippen LogP contribution is 2.25. The quantitative estimate of drug-likeness (QED) is 0.883. The van der Waals surface area contributed by atoms with E-state index in [0.717, 1.165) is 11.1 Å². The normalized spacial score (nSPS) is 10.7. The number of aryl methyl sites for hydroxylation is 4. The first-order chi connectivity index (χ1) is 8.40. The molecule has 1 N–H and O–H groups in total. The van der Waals surface area contributed by atoms with Gasteiger partial charge in [-0.05, 0) is 49.6 Å². The van der Waals surface area contributed by atoms with Crippen LogP contribution in [0.3, 0.4) is 0 Å². The summed E-state index contributed by atoms with van der Waals surface area (Å²) in [6.45, 7) is 6.11. The molecule has 0 radical (unpaired) electrons. The van der Waals surface area contributed by atoms with Gasteiger partial charge in [-0.2, -0.15) is 5.10 Å². The van der Waals surface area contributed by atoms with E-state index in [1.807, 2.05) is 13.8 Å². The molecule has 0 bridgehead atoms. The van der Waals surface area contributed by atoms with Crippen LogP contribution in [-0.4, -0.2) is 20.9 Å². The Morgan fingerprint density at radius 2 is 1.72 bits per heavy atom. The lowest BCUT2D eigenvalue weighted by molar-refractivity contribution is 0.0685. The van der Waals surface area contributed by atoms with Crippen LogP contribution in [0.15, 0.2) is 18.2 Å². The standard InChI is InChI=1S/C14H16N2O2/c1-8-5-10(3)11(6-9(8)2)12-7-13(14(17)18)16(4)15-12/h5-7H,1-4H3,(H,17,18). The van der Waals surface area contributed by atoms with E-state index in [1.165, 1.54) is 15.8 Å². The van der Waals surface area contributed by atoms with E-state index in [1.54, 1.807) is 13.1 Å². The second-order valence-corrected chi connectivity index (χ2v) is 4.59. The molecule has 94 valence electrons. The molecule has 1 heterocycles. The van der Waals surface area contributed by atoms with Gasteiger partial charge in [-0.15, -0.1) is 0 Å². The third-order valence-corrected chi connectivity index (χ3v) is 3.22. The van der Waals surface area contributed by atoms with E-state index >= 15 is 0 Å². The van der Waals surface area contributed by atoms with E-state index in [0.29, 0.717) is 5.69 Å². The van der Waals surface area contributed by atoms with Gasteiger partial charge in [0.2, 0.25) is 0 Å². The highest BCUT2D eigenvalue weighted by molar-refractivity contribution is 5.87. The van der Waals surface area contributed by atoms with Crippen LogP contribution in [0.25, 0.3) is 11.3 Å². The second-order valence-electron chi connectivity index (χ2n) is 4.59. The summed E-state index contributed by atoms with van der Waals surface area (Å²) in [6.07, 6.45) is 0. The third-order valence-electron chi connectivity index (χ3n) is 3.22. The van der Waals surface area contributed by atoms with Crippen molar-refractivity contribution in [3.8, 4) is 11.3 Å². The number of aromatic carboxylic acids is 1. The summed E-state index contributed by atoms with van der Waals surface area (Å²) in [5, 5.41) is 13.3. The van der Waals surface area contributed by atoms with Crippen LogP contribution in [-0.2, 0) is 7.05 Å². The fraction of sp³-hybridized carbons (Fsp3) is 0.286. The zero-order chi connectivity index (χ0) is 13.4. The van der Waals surface area contributed by atoms with Crippen molar-refractivity contribution in [2.75, 3.05) is 0 Å². The molecule has 0 amide bonds. The van der Waals surface area contributed by atoms with Crippen molar-refractivity contribution in [3.05, 3.63) is 40.6 Å². The Kier molecular flexibility index (Phi) is 2.95. The smallest absolute Gasteiger partial charge is 0.354 e. The summed E-state index contributed by atoms with van der Waals surface area (Å²) in [6, 6.07) is 5.76. The van der Waals surface area contributed by atoms with Crippen molar-refractivity contribution in [2.24, 2.45) is 7.05 Å². The largest absolute Gasteiger partial charge is 0.477 e. The van der Waals surface area contributed by atoms with E-state index in [2.05, 4.69) is 24.2 Å². The molecule has 0 saturated carbocycles. The van der Waals surface area contributed by atoms with Gasteiger partial charge in [0.05, 0.1) is 5.69 Å². The molecular weight excluding hydrogens is 228 g/mol. The molecule has 18 heavy (non-hydrogen) atoms. The van der Waals surface area contributed by atoms with Gasteiger partial charge >= 0.3 is 5.97 Å². The van der Waals surface area contributed by atoms with Crippen LogP contribution in [0.4, 0.5) is 0 Å². The Labute approximate surface area is 106 Å². The van der Waals surface area contributed by atoms with Crippen LogP contribution in [0.1, 0.15) is 27.2 Å². The van der Waals surface area contributed by atoms with Gasteiger partial charge in [-0.3, -0.25) is 4.68 Å². The Balaban J connectivity index is 2.59. The number of aromatic nitrogens is 2. The fourth-order valence-electron chi connectivity index (χ4n) is 2.04. The van der Waals surface area contributed by atoms with Crippen molar-refractivity contribution in [1.29, 1.82) is 0 Å². The number of rotatable bonds is 2. The Morgan fingerprint density at radius 1 is 1.11 bits per heavy atom. The third kappa shape index (κ3) is 2.01. The minimum Gasteiger partial charge on any atom is -0.477 e. The molecule has 0 aliphatic heterocycles. The molecule has 0 saturated heterocycles. The van der Waals surface area contributed by atoms with Crippen LogP contribution >= 0.6 is 0 Å². The van der Waals surface area contributed by atoms with Gasteiger partial charge < -0.3 is 5.11 Å². The summed E-state index contributed by atoms with van der Waals surface area (Å²) in [5.41, 5.74) is 5.40. The molecule has 0 atom stereocenters. The molecule has 0 aliphatic rings. The van der Waals surface area contributed by atoms with Gasteiger partial charge in [0.1, 0.15) is 5.69 Å². The second kappa shape index (κ2) is 4.29. The molecule has 1 aromatic carbocycles. The molecule has 0 spiro atoms. The summed E-state index contributed by atoms with van der Waals surface area (Å²) in [4.78, 5) is 11.0. The minimum atomic E-state index is -0.960. The molecule has 2 aromatic rings.